The Morgan fingerprint density at radius 3 is 3.06 bits per heavy atom. The first-order valence-electron chi connectivity index (χ1n) is 6.27. The van der Waals surface area contributed by atoms with Gasteiger partial charge in [-0.05, 0) is 42.3 Å². The molecule has 17 heavy (non-hydrogen) atoms. The molecular formula is C14H21NOS. The monoisotopic (exact) mass is 251 g/mol. The van der Waals surface area contributed by atoms with E-state index >= 15 is 0 Å². The van der Waals surface area contributed by atoms with Crippen molar-refractivity contribution < 1.29 is 4.74 Å². The molecule has 1 aliphatic rings. The Bertz CT molecular complexity index is 356. The van der Waals surface area contributed by atoms with Crippen LogP contribution < -0.4 is 10.1 Å². The van der Waals surface area contributed by atoms with Crippen LogP contribution in [0.5, 0.6) is 5.75 Å². The highest BCUT2D eigenvalue weighted by Crippen LogP contribution is 2.28. The first-order valence-corrected chi connectivity index (χ1v) is 7.43. The van der Waals surface area contributed by atoms with Gasteiger partial charge in [0.2, 0.25) is 0 Å². The standard InChI is InChI=1S/C14H21NOS/c1-3-15-14-10-17-9-12(14)7-11-5-4-6-13(8-11)16-2/h4-6,8,12,14-15H,3,7,9-10H2,1-2H3. The zero-order chi connectivity index (χ0) is 12.1. The van der Waals surface area contributed by atoms with Crippen LogP contribution in [0.2, 0.25) is 0 Å². The Balaban J connectivity index is 1.99. The zero-order valence-electron chi connectivity index (χ0n) is 10.6. The second-order valence-corrected chi connectivity index (χ2v) is 5.59. The topological polar surface area (TPSA) is 21.3 Å². The summed E-state index contributed by atoms with van der Waals surface area (Å²) in [7, 11) is 1.73. The molecule has 1 N–H and O–H groups in total. The van der Waals surface area contributed by atoms with E-state index < -0.39 is 0 Å². The van der Waals surface area contributed by atoms with Crippen LogP contribution >= 0.6 is 11.8 Å². The van der Waals surface area contributed by atoms with E-state index in [4.69, 9.17) is 4.74 Å². The largest absolute Gasteiger partial charge is 0.497 e. The average Bonchev–Trinajstić information content (AvgIpc) is 2.78. The van der Waals surface area contributed by atoms with Crippen LogP contribution in [-0.2, 0) is 6.42 Å². The number of rotatable bonds is 5. The molecule has 0 radical (unpaired) electrons. The van der Waals surface area contributed by atoms with E-state index in [2.05, 4.69) is 42.2 Å². The van der Waals surface area contributed by atoms with Crippen LogP contribution in [0.4, 0.5) is 0 Å². The van der Waals surface area contributed by atoms with Crippen molar-refractivity contribution in [1.29, 1.82) is 0 Å². The zero-order valence-corrected chi connectivity index (χ0v) is 11.4. The fourth-order valence-electron chi connectivity index (χ4n) is 2.39. The third kappa shape index (κ3) is 3.39. The molecule has 0 aromatic heterocycles. The van der Waals surface area contributed by atoms with Gasteiger partial charge in [0.1, 0.15) is 5.75 Å². The van der Waals surface area contributed by atoms with Crippen molar-refractivity contribution in [3.63, 3.8) is 0 Å². The number of hydrogen-bond acceptors (Lipinski definition) is 3. The third-order valence-corrected chi connectivity index (χ3v) is 4.56. The van der Waals surface area contributed by atoms with Crippen molar-refractivity contribution in [1.82, 2.24) is 5.32 Å². The summed E-state index contributed by atoms with van der Waals surface area (Å²) >= 11 is 2.07. The van der Waals surface area contributed by atoms with Crippen LogP contribution in [0.15, 0.2) is 24.3 Å². The average molecular weight is 251 g/mol. The van der Waals surface area contributed by atoms with Gasteiger partial charge < -0.3 is 10.1 Å². The molecule has 0 saturated carbocycles. The molecule has 1 aliphatic heterocycles. The lowest BCUT2D eigenvalue weighted by molar-refractivity contribution is 0.411. The van der Waals surface area contributed by atoms with Gasteiger partial charge in [-0.2, -0.15) is 11.8 Å². The lowest BCUT2D eigenvalue weighted by Crippen LogP contribution is -2.36. The van der Waals surface area contributed by atoms with Crippen LogP contribution in [-0.4, -0.2) is 31.2 Å². The molecule has 0 bridgehead atoms. The predicted molar refractivity (Wildman–Crippen MR) is 75.0 cm³/mol. The van der Waals surface area contributed by atoms with Crippen LogP contribution in [0.25, 0.3) is 0 Å². The van der Waals surface area contributed by atoms with Crippen molar-refractivity contribution >= 4 is 11.8 Å². The van der Waals surface area contributed by atoms with E-state index in [1.54, 1.807) is 7.11 Å². The first-order chi connectivity index (χ1) is 8.33. The maximum absolute atomic E-state index is 5.27. The Morgan fingerprint density at radius 2 is 2.29 bits per heavy atom. The quantitative estimate of drug-likeness (QED) is 0.869. The van der Waals surface area contributed by atoms with Crippen molar-refractivity contribution in [3.05, 3.63) is 29.8 Å². The second-order valence-electron chi connectivity index (χ2n) is 4.52. The second kappa shape index (κ2) is 6.31. The van der Waals surface area contributed by atoms with E-state index in [0.717, 1.165) is 24.6 Å². The van der Waals surface area contributed by atoms with Crippen molar-refractivity contribution in [2.75, 3.05) is 25.2 Å². The predicted octanol–water partition coefficient (Wildman–Crippen LogP) is 2.58. The Hall–Kier alpha value is -0.670. The number of ether oxygens (including phenoxy) is 1. The van der Waals surface area contributed by atoms with Gasteiger partial charge in [-0.25, -0.2) is 0 Å². The molecule has 1 saturated heterocycles. The molecule has 3 heteroatoms. The van der Waals surface area contributed by atoms with Gasteiger partial charge >= 0.3 is 0 Å². The molecule has 1 heterocycles. The Morgan fingerprint density at radius 1 is 1.41 bits per heavy atom. The van der Waals surface area contributed by atoms with E-state index in [9.17, 15) is 0 Å². The molecule has 1 aromatic carbocycles. The Labute approximate surface area is 108 Å². The van der Waals surface area contributed by atoms with Gasteiger partial charge in [-0.15, -0.1) is 0 Å². The van der Waals surface area contributed by atoms with Crippen molar-refractivity contribution in [2.24, 2.45) is 5.92 Å². The molecule has 0 amide bonds. The summed E-state index contributed by atoms with van der Waals surface area (Å²) in [6.45, 7) is 3.26. The molecule has 1 aromatic rings. The fourth-order valence-corrected chi connectivity index (χ4v) is 3.82. The van der Waals surface area contributed by atoms with E-state index in [1.807, 2.05) is 6.07 Å². The highest BCUT2D eigenvalue weighted by Gasteiger charge is 2.26. The smallest absolute Gasteiger partial charge is 0.119 e. The molecule has 2 rings (SSSR count). The Kier molecular flexibility index (Phi) is 4.75. The SMILES string of the molecule is CCNC1CSCC1Cc1cccc(OC)c1. The minimum atomic E-state index is 0.677. The molecule has 0 spiro atoms. The third-order valence-electron chi connectivity index (χ3n) is 3.30. The van der Waals surface area contributed by atoms with Crippen LogP contribution in [0.3, 0.4) is 0 Å². The normalized spacial score (nSPS) is 23.9. The maximum atomic E-state index is 5.27. The fraction of sp³-hybridized carbons (Fsp3) is 0.571. The van der Waals surface area contributed by atoms with Crippen LogP contribution in [0, 0.1) is 5.92 Å². The van der Waals surface area contributed by atoms with E-state index in [-0.39, 0.29) is 0 Å². The van der Waals surface area contributed by atoms with Gasteiger partial charge in [0.15, 0.2) is 0 Å². The van der Waals surface area contributed by atoms with Crippen LogP contribution in [0.1, 0.15) is 12.5 Å². The van der Waals surface area contributed by atoms with Gasteiger partial charge in [0.05, 0.1) is 7.11 Å². The summed E-state index contributed by atoms with van der Waals surface area (Å²) < 4.78 is 5.27. The molecule has 2 nitrogen and oxygen atoms in total. The summed E-state index contributed by atoms with van der Waals surface area (Å²) in [5.41, 5.74) is 1.39. The number of hydrogen-bond donors (Lipinski definition) is 1. The van der Waals surface area contributed by atoms with Gasteiger partial charge in [-0.3, -0.25) is 0 Å². The summed E-state index contributed by atoms with van der Waals surface area (Å²) in [4.78, 5) is 0. The minimum absolute atomic E-state index is 0.677. The van der Waals surface area contributed by atoms with Gasteiger partial charge in [-0.1, -0.05) is 19.1 Å². The summed E-state index contributed by atoms with van der Waals surface area (Å²) in [5.74, 6) is 4.25. The maximum Gasteiger partial charge on any atom is 0.119 e. The molecular weight excluding hydrogens is 230 g/mol. The summed E-state index contributed by atoms with van der Waals surface area (Å²) in [6, 6.07) is 9.13. The molecule has 1 fully saturated rings. The molecule has 94 valence electrons. The summed E-state index contributed by atoms with van der Waals surface area (Å²) in [6.07, 6.45) is 1.15. The molecule has 2 atom stereocenters. The lowest BCUT2D eigenvalue weighted by atomic mass is 9.95. The van der Waals surface area contributed by atoms with E-state index in [1.165, 1.54) is 17.1 Å². The first kappa shape index (κ1) is 12.8. The number of methoxy groups -OCH3 is 1. The highest BCUT2D eigenvalue weighted by molar-refractivity contribution is 7.99. The lowest BCUT2D eigenvalue weighted by Gasteiger charge is -2.19. The number of benzene rings is 1. The number of thioether (sulfide) groups is 1. The minimum Gasteiger partial charge on any atom is -0.497 e. The van der Waals surface area contributed by atoms with Crippen molar-refractivity contribution in [2.45, 2.75) is 19.4 Å². The van der Waals surface area contributed by atoms with Crippen molar-refractivity contribution in [3.8, 4) is 5.75 Å². The van der Waals surface area contributed by atoms with Gasteiger partial charge in [0, 0.05) is 11.8 Å². The highest BCUT2D eigenvalue weighted by atomic mass is 32.2. The molecule has 2 unspecified atom stereocenters. The molecule has 0 aliphatic carbocycles. The summed E-state index contributed by atoms with van der Waals surface area (Å²) in [5, 5.41) is 3.59. The van der Waals surface area contributed by atoms with Gasteiger partial charge in [0.25, 0.3) is 0 Å². The number of nitrogens with one attached hydrogen (secondary N) is 1. The van der Waals surface area contributed by atoms with E-state index in [0.29, 0.717) is 6.04 Å².